The fraction of sp³-hybridized carbons (Fsp3) is 0.409. The number of hydrogen-bond acceptors (Lipinski definition) is 5. The number of nitrogens with zero attached hydrogens (tertiary/aromatic N) is 2. The van der Waals surface area contributed by atoms with Gasteiger partial charge in [-0.05, 0) is 50.1 Å². The summed E-state index contributed by atoms with van der Waals surface area (Å²) in [6, 6.07) is 11.7. The molecule has 2 aromatic carbocycles. The minimum Gasteiger partial charge on any atom is -0.486 e. The molecule has 0 radical (unpaired) electrons. The van der Waals surface area contributed by atoms with Crippen LogP contribution in [-0.2, 0) is 10.0 Å². The van der Waals surface area contributed by atoms with E-state index in [9.17, 15) is 13.2 Å². The summed E-state index contributed by atoms with van der Waals surface area (Å²) in [4.78, 5) is 14.9. The zero-order chi connectivity index (χ0) is 22.0. The molecular weight excluding hydrogens is 440 g/mol. The topological polar surface area (TPSA) is 76.1 Å². The second kappa shape index (κ2) is 9.06. The highest BCUT2D eigenvalue weighted by molar-refractivity contribution is 7.89. The second-order valence-electron chi connectivity index (χ2n) is 7.59. The summed E-state index contributed by atoms with van der Waals surface area (Å²) in [5.74, 6) is 0.975. The smallest absolute Gasteiger partial charge is 0.255 e. The number of carbonyl (C=O) groups excluding carboxylic acids is 1. The van der Waals surface area contributed by atoms with Crippen molar-refractivity contribution in [1.82, 2.24) is 9.21 Å². The van der Waals surface area contributed by atoms with Gasteiger partial charge in [-0.25, -0.2) is 8.42 Å². The molecule has 2 aliphatic heterocycles. The third-order valence-electron chi connectivity index (χ3n) is 5.53. The van der Waals surface area contributed by atoms with E-state index in [-0.39, 0.29) is 27.5 Å². The Hall–Kier alpha value is -2.29. The summed E-state index contributed by atoms with van der Waals surface area (Å²) in [7, 11) is -3.65. The molecule has 0 N–H and O–H groups in total. The molecule has 9 heteroatoms. The number of amides is 1. The molecule has 2 heterocycles. The molecule has 0 spiro atoms. The zero-order valence-corrected chi connectivity index (χ0v) is 18.9. The predicted molar refractivity (Wildman–Crippen MR) is 117 cm³/mol. The third-order valence-corrected chi connectivity index (χ3v) is 7.76. The third kappa shape index (κ3) is 4.51. The van der Waals surface area contributed by atoms with Crippen molar-refractivity contribution in [2.45, 2.75) is 30.8 Å². The molecule has 166 valence electrons. The number of rotatable bonds is 6. The van der Waals surface area contributed by atoms with Gasteiger partial charge in [-0.1, -0.05) is 23.7 Å². The van der Waals surface area contributed by atoms with E-state index in [1.54, 1.807) is 4.90 Å². The second-order valence-corrected chi connectivity index (χ2v) is 9.94. The Kier molecular flexibility index (Phi) is 6.41. The largest absolute Gasteiger partial charge is 0.486 e. The Morgan fingerprint density at radius 2 is 1.87 bits per heavy atom. The number of hydrogen-bond donors (Lipinski definition) is 0. The first-order valence-electron chi connectivity index (χ1n) is 10.4. The summed E-state index contributed by atoms with van der Waals surface area (Å²) >= 11 is 6.30. The van der Waals surface area contributed by atoms with Crippen LogP contribution in [0.2, 0.25) is 5.02 Å². The van der Waals surface area contributed by atoms with Crippen molar-refractivity contribution in [2.24, 2.45) is 0 Å². The molecule has 4 rings (SSSR count). The lowest BCUT2D eigenvalue weighted by atomic mass is 10.1. The number of halogens is 1. The molecule has 1 fully saturated rings. The number of likely N-dealkylation sites (N-methyl/N-ethyl adjacent to an activating group) is 1. The van der Waals surface area contributed by atoms with E-state index in [2.05, 4.69) is 0 Å². The number of para-hydroxylation sites is 2. The van der Waals surface area contributed by atoms with Gasteiger partial charge in [-0.15, -0.1) is 0 Å². The molecule has 0 aliphatic carbocycles. The highest BCUT2D eigenvalue weighted by Crippen LogP contribution is 2.31. The van der Waals surface area contributed by atoms with Crippen LogP contribution in [0.1, 0.15) is 30.1 Å². The van der Waals surface area contributed by atoms with Crippen molar-refractivity contribution in [3.8, 4) is 11.5 Å². The van der Waals surface area contributed by atoms with Gasteiger partial charge < -0.3 is 14.4 Å². The minimum absolute atomic E-state index is 0.0874. The fourth-order valence-corrected chi connectivity index (χ4v) is 5.57. The highest BCUT2D eigenvalue weighted by atomic mass is 35.5. The summed E-state index contributed by atoms with van der Waals surface area (Å²) in [6.07, 6.45) is 1.35. The normalized spacial score (nSPS) is 18.7. The van der Waals surface area contributed by atoms with E-state index in [1.807, 2.05) is 31.2 Å². The molecule has 0 aromatic heterocycles. The molecule has 1 amide bonds. The van der Waals surface area contributed by atoms with Gasteiger partial charge in [0.05, 0.1) is 22.0 Å². The molecule has 0 saturated carbocycles. The Morgan fingerprint density at radius 1 is 1.16 bits per heavy atom. The molecule has 1 atom stereocenters. The first kappa shape index (κ1) is 21.9. The number of carbonyl (C=O) groups is 1. The summed E-state index contributed by atoms with van der Waals surface area (Å²) < 4.78 is 39.0. The van der Waals surface area contributed by atoms with Crippen LogP contribution in [0.4, 0.5) is 0 Å². The first-order chi connectivity index (χ1) is 14.9. The van der Waals surface area contributed by atoms with Crippen molar-refractivity contribution in [2.75, 3.05) is 32.8 Å². The molecule has 7 nitrogen and oxygen atoms in total. The Morgan fingerprint density at radius 3 is 2.58 bits per heavy atom. The van der Waals surface area contributed by atoms with E-state index in [1.165, 1.54) is 22.5 Å². The molecule has 0 unspecified atom stereocenters. The van der Waals surface area contributed by atoms with Crippen molar-refractivity contribution in [1.29, 1.82) is 0 Å². The van der Waals surface area contributed by atoms with E-state index in [4.69, 9.17) is 21.1 Å². The zero-order valence-electron chi connectivity index (χ0n) is 17.3. The first-order valence-corrected chi connectivity index (χ1v) is 12.2. The average Bonchev–Trinajstić information content (AvgIpc) is 3.33. The predicted octanol–water partition coefficient (Wildman–Crippen LogP) is 3.43. The SMILES string of the molecule is CCN(C[C@H]1COc2ccccc2O1)C(=O)c1cc(S(=O)(=O)N2CCCC2)ccc1Cl. The van der Waals surface area contributed by atoms with Crippen LogP contribution >= 0.6 is 11.6 Å². The van der Waals surface area contributed by atoms with Crippen molar-refractivity contribution in [3.05, 3.63) is 53.1 Å². The molecule has 2 aliphatic rings. The van der Waals surface area contributed by atoms with Gasteiger partial charge >= 0.3 is 0 Å². The van der Waals surface area contributed by atoms with Crippen LogP contribution in [0.15, 0.2) is 47.4 Å². The van der Waals surface area contributed by atoms with E-state index < -0.39 is 10.0 Å². The quantitative estimate of drug-likeness (QED) is 0.654. The molecule has 1 saturated heterocycles. The van der Waals surface area contributed by atoms with Crippen LogP contribution in [0.3, 0.4) is 0 Å². The van der Waals surface area contributed by atoms with Crippen molar-refractivity contribution in [3.63, 3.8) is 0 Å². The molecule has 31 heavy (non-hydrogen) atoms. The Balaban J connectivity index is 1.53. The standard InChI is InChI=1S/C22H25ClN2O5S/c1-2-24(14-16-15-29-20-7-3-4-8-21(20)30-16)22(26)18-13-17(9-10-19(18)23)31(27,28)25-11-5-6-12-25/h3-4,7-10,13,16H,2,5-6,11-12,14-15H2,1H3/t16-/m0/s1. The van der Waals surface area contributed by atoms with Gasteiger partial charge in [0.15, 0.2) is 17.6 Å². The van der Waals surface area contributed by atoms with Crippen LogP contribution in [0.5, 0.6) is 11.5 Å². The summed E-state index contributed by atoms with van der Waals surface area (Å²) in [5, 5.41) is 0.218. The maximum atomic E-state index is 13.3. The lowest BCUT2D eigenvalue weighted by molar-refractivity contribution is 0.0475. The Bertz CT molecular complexity index is 1070. The number of fused-ring (bicyclic) bond motifs is 1. The lowest BCUT2D eigenvalue weighted by Crippen LogP contribution is -2.43. The molecule has 2 aromatic rings. The molecule has 0 bridgehead atoms. The van der Waals surface area contributed by atoms with E-state index in [0.717, 1.165) is 12.8 Å². The van der Waals surface area contributed by atoms with E-state index in [0.29, 0.717) is 44.3 Å². The van der Waals surface area contributed by atoms with Crippen molar-refractivity contribution < 1.29 is 22.7 Å². The maximum Gasteiger partial charge on any atom is 0.255 e. The van der Waals surface area contributed by atoms with Gasteiger partial charge in [0.25, 0.3) is 5.91 Å². The lowest BCUT2D eigenvalue weighted by Gasteiger charge is -2.31. The van der Waals surface area contributed by atoms with Crippen LogP contribution in [-0.4, -0.2) is 62.4 Å². The summed E-state index contributed by atoms with van der Waals surface area (Å²) in [6.45, 7) is 3.88. The Labute approximate surface area is 187 Å². The van der Waals surface area contributed by atoms with Crippen LogP contribution in [0.25, 0.3) is 0 Å². The van der Waals surface area contributed by atoms with Crippen LogP contribution in [0, 0.1) is 0 Å². The van der Waals surface area contributed by atoms with Gasteiger partial charge in [-0.2, -0.15) is 4.31 Å². The van der Waals surface area contributed by atoms with E-state index >= 15 is 0 Å². The number of ether oxygens (including phenoxy) is 2. The average molecular weight is 465 g/mol. The minimum atomic E-state index is -3.65. The monoisotopic (exact) mass is 464 g/mol. The molecular formula is C22H25ClN2O5S. The van der Waals surface area contributed by atoms with Gasteiger partial charge in [0, 0.05) is 19.6 Å². The number of sulfonamides is 1. The van der Waals surface area contributed by atoms with Crippen LogP contribution < -0.4 is 9.47 Å². The van der Waals surface area contributed by atoms with Gasteiger partial charge in [-0.3, -0.25) is 4.79 Å². The number of benzene rings is 2. The highest BCUT2D eigenvalue weighted by Gasteiger charge is 2.30. The van der Waals surface area contributed by atoms with Gasteiger partial charge in [0.1, 0.15) is 6.61 Å². The van der Waals surface area contributed by atoms with Gasteiger partial charge in [0.2, 0.25) is 10.0 Å². The maximum absolute atomic E-state index is 13.3. The summed E-state index contributed by atoms with van der Waals surface area (Å²) in [5.41, 5.74) is 0.168. The van der Waals surface area contributed by atoms with Crippen molar-refractivity contribution >= 4 is 27.5 Å². The fourth-order valence-electron chi connectivity index (χ4n) is 3.83.